The number of rotatable bonds is 4. The van der Waals surface area contributed by atoms with Gasteiger partial charge in [-0.05, 0) is 57.8 Å². The lowest BCUT2D eigenvalue weighted by Gasteiger charge is -2.28. The van der Waals surface area contributed by atoms with Gasteiger partial charge in [-0.15, -0.1) is 11.3 Å². The maximum atomic E-state index is 12.2. The van der Waals surface area contributed by atoms with Gasteiger partial charge in [0.1, 0.15) is 5.60 Å². The molecule has 5 heteroatoms. The van der Waals surface area contributed by atoms with E-state index in [1.807, 2.05) is 25.7 Å². The highest BCUT2D eigenvalue weighted by atomic mass is 32.1. The molecule has 0 N–H and O–H groups in total. The van der Waals surface area contributed by atoms with Gasteiger partial charge < -0.3 is 9.64 Å². The molecule has 0 radical (unpaired) electrons. The molecule has 0 bridgehead atoms. The zero-order valence-electron chi connectivity index (χ0n) is 15.8. The number of aromatic nitrogens is 1. The van der Waals surface area contributed by atoms with E-state index in [0.29, 0.717) is 23.2 Å². The molecule has 4 nitrogen and oxygen atoms in total. The first-order valence-corrected chi connectivity index (χ1v) is 9.88. The number of piperidine rings is 1. The third-order valence-electron chi connectivity index (χ3n) is 5.73. The van der Waals surface area contributed by atoms with Gasteiger partial charge in [-0.1, -0.05) is 13.8 Å². The zero-order valence-corrected chi connectivity index (χ0v) is 16.6. The van der Waals surface area contributed by atoms with E-state index in [1.165, 1.54) is 17.8 Å². The maximum Gasteiger partial charge on any atom is 0.410 e. The van der Waals surface area contributed by atoms with Crippen molar-refractivity contribution in [3.8, 4) is 0 Å². The van der Waals surface area contributed by atoms with Crippen LogP contribution in [0.1, 0.15) is 64.1 Å². The standard InChI is InChI=1S/C19H30N2O2S/c1-12(16-20-13(2)11-24-16)7-8-19(6)14-9-21(10-15(14)19)17(22)23-18(3,4)5/h11-12,14-15H,7-10H2,1-6H3. The number of nitrogens with zero attached hydrogens (tertiary/aromatic N) is 2. The number of hydrogen-bond donors (Lipinski definition) is 0. The Bertz CT molecular complexity index is 607. The highest BCUT2D eigenvalue weighted by Gasteiger charge is 2.65. The van der Waals surface area contributed by atoms with E-state index in [2.05, 4.69) is 31.1 Å². The summed E-state index contributed by atoms with van der Waals surface area (Å²) in [6.07, 6.45) is 2.26. The van der Waals surface area contributed by atoms with E-state index in [4.69, 9.17) is 4.74 Å². The summed E-state index contributed by atoms with van der Waals surface area (Å²) >= 11 is 1.78. The van der Waals surface area contributed by atoms with Crippen LogP contribution in [0.2, 0.25) is 0 Å². The minimum atomic E-state index is -0.408. The Morgan fingerprint density at radius 2 is 2.08 bits per heavy atom. The first-order valence-electron chi connectivity index (χ1n) is 9.00. The maximum absolute atomic E-state index is 12.2. The molecule has 1 aromatic rings. The topological polar surface area (TPSA) is 42.4 Å². The summed E-state index contributed by atoms with van der Waals surface area (Å²) in [6, 6.07) is 0. The third kappa shape index (κ3) is 3.46. The van der Waals surface area contributed by atoms with Gasteiger partial charge in [0.15, 0.2) is 0 Å². The summed E-state index contributed by atoms with van der Waals surface area (Å²) in [5.74, 6) is 1.83. The molecule has 0 spiro atoms. The number of amides is 1. The minimum Gasteiger partial charge on any atom is -0.444 e. The number of hydrogen-bond acceptors (Lipinski definition) is 4. The average Bonchev–Trinajstić information content (AvgIpc) is 2.92. The first-order chi connectivity index (χ1) is 11.1. The number of likely N-dealkylation sites (tertiary alicyclic amines) is 1. The van der Waals surface area contributed by atoms with E-state index >= 15 is 0 Å². The predicted molar refractivity (Wildman–Crippen MR) is 97.4 cm³/mol. The van der Waals surface area contributed by atoms with Crippen molar-refractivity contribution in [2.45, 2.75) is 65.9 Å². The van der Waals surface area contributed by atoms with Crippen molar-refractivity contribution >= 4 is 17.4 Å². The molecule has 134 valence electrons. The van der Waals surface area contributed by atoms with E-state index < -0.39 is 5.60 Å². The first kappa shape index (κ1) is 17.7. The van der Waals surface area contributed by atoms with Crippen molar-refractivity contribution in [3.63, 3.8) is 0 Å². The van der Waals surface area contributed by atoms with Gasteiger partial charge >= 0.3 is 6.09 Å². The Morgan fingerprint density at radius 3 is 2.58 bits per heavy atom. The van der Waals surface area contributed by atoms with E-state index in [9.17, 15) is 4.79 Å². The Labute approximate surface area is 149 Å². The Balaban J connectivity index is 1.48. The van der Waals surface area contributed by atoms with Crippen molar-refractivity contribution in [2.75, 3.05) is 13.1 Å². The van der Waals surface area contributed by atoms with Crippen molar-refractivity contribution in [1.82, 2.24) is 9.88 Å². The molecule has 24 heavy (non-hydrogen) atoms. The monoisotopic (exact) mass is 350 g/mol. The van der Waals surface area contributed by atoms with Crippen LogP contribution in [-0.2, 0) is 4.74 Å². The van der Waals surface area contributed by atoms with Crippen LogP contribution >= 0.6 is 11.3 Å². The molecule has 1 saturated heterocycles. The van der Waals surface area contributed by atoms with Crippen LogP contribution in [-0.4, -0.2) is 34.7 Å². The van der Waals surface area contributed by atoms with E-state index in [1.54, 1.807) is 11.3 Å². The van der Waals surface area contributed by atoms with Gasteiger partial charge in [-0.2, -0.15) is 0 Å². The van der Waals surface area contributed by atoms with Crippen LogP contribution in [0.15, 0.2) is 5.38 Å². The van der Waals surface area contributed by atoms with Gasteiger partial charge in [0.05, 0.1) is 5.01 Å². The number of carbonyl (C=O) groups excluding carboxylic acids is 1. The second-order valence-corrected chi connectivity index (χ2v) is 9.76. The molecule has 3 rings (SSSR count). The van der Waals surface area contributed by atoms with Gasteiger partial charge in [-0.25, -0.2) is 9.78 Å². The fourth-order valence-corrected chi connectivity index (χ4v) is 4.97. The summed E-state index contributed by atoms with van der Waals surface area (Å²) < 4.78 is 5.50. The highest BCUT2D eigenvalue weighted by molar-refractivity contribution is 7.09. The van der Waals surface area contributed by atoms with Crippen molar-refractivity contribution in [1.29, 1.82) is 0 Å². The molecule has 3 unspecified atom stereocenters. The van der Waals surface area contributed by atoms with E-state index in [0.717, 1.165) is 18.8 Å². The fourth-order valence-electron chi connectivity index (χ4n) is 4.08. The van der Waals surface area contributed by atoms with Crippen LogP contribution in [0, 0.1) is 24.2 Å². The highest BCUT2D eigenvalue weighted by Crippen LogP contribution is 2.65. The zero-order chi connectivity index (χ0) is 17.7. The molecular weight excluding hydrogens is 320 g/mol. The van der Waals surface area contributed by atoms with Crippen molar-refractivity contribution in [2.24, 2.45) is 17.3 Å². The van der Waals surface area contributed by atoms with Gasteiger partial charge in [0, 0.05) is 30.1 Å². The molecule has 2 aliphatic rings. The Hall–Kier alpha value is -1.10. The summed E-state index contributed by atoms with van der Waals surface area (Å²) in [5.41, 5.74) is 1.12. The van der Waals surface area contributed by atoms with Gasteiger partial charge in [0.2, 0.25) is 0 Å². The molecule has 1 aliphatic heterocycles. The van der Waals surface area contributed by atoms with Gasteiger partial charge in [-0.3, -0.25) is 0 Å². The number of fused-ring (bicyclic) bond motifs is 1. The van der Waals surface area contributed by atoms with Crippen LogP contribution in [0.4, 0.5) is 4.79 Å². The van der Waals surface area contributed by atoms with Gasteiger partial charge in [0.25, 0.3) is 0 Å². The SMILES string of the molecule is Cc1csc(C(C)CCC2(C)C3CN(C(=O)OC(C)(C)C)CC32)n1. The number of aryl methyl sites for hydroxylation is 1. The molecule has 2 heterocycles. The molecule has 1 aromatic heterocycles. The molecule has 2 fully saturated rings. The Kier molecular flexibility index (Phi) is 4.44. The molecule has 3 atom stereocenters. The van der Waals surface area contributed by atoms with E-state index in [-0.39, 0.29) is 6.09 Å². The van der Waals surface area contributed by atoms with Crippen LogP contribution < -0.4 is 0 Å². The van der Waals surface area contributed by atoms with Crippen molar-refractivity contribution < 1.29 is 9.53 Å². The normalized spacial score (nSPS) is 30.2. The van der Waals surface area contributed by atoms with Crippen molar-refractivity contribution in [3.05, 3.63) is 16.1 Å². The summed E-state index contributed by atoms with van der Waals surface area (Å²) in [6.45, 7) is 14.2. The number of thiazole rings is 1. The summed E-state index contributed by atoms with van der Waals surface area (Å²) in [5, 5.41) is 3.40. The molecule has 1 amide bonds. The summed E-state index contributed by atoms with van der Waals surface area (Å²) in [7, 11) is 0. The third-order valence-corrected chi connectivity index (χ3v) is 6.93. The molecule has 1 saturated carbocycles. The largest absolute Gasteiger partial charge is 0.444 e. The van der Waals surface area contributed by atoms with Crippen LogP contribution in [0.5, 0.6) is 0 Å². The van der Waals surface area contributed by atoms with Crippen LogP contribution in [0.3, 0.4) is 0 Å². The second-order valence-electron chi connectivity index (χ2n) is 8.87. The Morgan fingerprint density at radius 1 is 1.46 bits per heavy atom. The quantitative estimate of drug-likeness (QED) is 0.780. The smallest absolute Gasteiger partial charge is 0.410 e. The lowest BCUT2D eigenvalue weighted by Crippen LogP contribution is -2.38. The molecular formula is C19H30N2O2S. The predicted octanol–water partition coefficient (Wildman–Crippen LogP) is 4.84. The minimum absolute atomic E-state index is 0.149. The van der Waals surface area contributed by atoms with Crippen LogP contribution in [0.25, 0.3) is 0 Å². The molecule has 1 aliphatic carbocycles. The molecule has 0 aromatic carbocycles. The summed E-state index contributed by atoms with van der Waals surface area (Å²) in [4.78, 5) is 18.7. The number of ether oxygens (including phenoxy) is 1. The fraction of sp³-hybridized carbons (Fsp3) is 0.789. The lowest BCUT2D eigenvalue weighted by molar-refractivity contribution is 0.0250. The second kappa shape index (κ2) is 6.01. The lowest BCUT2D eigenvalue weighted by atomic mass is 9.92. The number of carbonyl (C=O) groups is 1. The average molecular weight is 351 g/mol.